The molecule has 0 bridgehead atoms. The first-order chi connectivity index (χ1) is 29.2. The number of furan rings is 1. The summed E-state index contributed by atoms with van der Waals surface area (Å²) in [5.41, 5.74) is 12.2. The third-order valence-electron chi connectivity index (χ3n) is 11.9. The minimum absolute atomic E-state index is 0.886. The molecule has 12 aromatic rings. The van der Waals surface area contributed by atoms with Crippen molar-refractivity contribution < 1.29 is 4.42 Å². The average molecular weight is 770 g/mol. The van der Waals surface area contributed by atoms with E-state index in [1.165, 1.54) is 64.0 Å². The first kappa shape index (κ1) is 33.7. The second-order valence-electron chi connectivity index (χ2n) is 15.2. The van der Waals surface area contributed by atoms with Gasteiger partial charge in [-0.3, -0.25) is 0 Å². The summed E-state index contributed by atoms with van der Waals surface area (Å²) in [6, 6.07) is 77.0. The highest BCUT2D eigenvalue weighted by Gasteiger charge is 2.23. The molecule has 3 heteroatoms. The molecule has 0 amide bonds. The second-order valence-corrected chi connectivity index (χ2v) is 16.3. The molecule has 0 saturated carbocycles. The molecule has 12 rings (SSSR count). The summed E-state index contributed by atoms with van der Waals surface area (Å²) >= 11 is 1.86. The van der Waals surface area contributed by atoms with E-state index in [2.05, 4.69) is 217 Å². The van der Waals surface area contributed by atoms with Crippen molar-refractivity contribution in [1.82, 2.24) is 0 Å². The van der Waals surface area contributed by atoms with Gasteiger partial charge in [0.2, 0.25) is 0 Å². The molecule has 0 aliphatic carbocycles. The average Bonchev–Trinajstić information content (AvgIpc) is 3.87. The number of hydrogen-bond donors (Lipinski definition) is 0. The van der Waals surface area contributed by atoms with Crippen LogP contribution in [-0.2, 0) is 0 Å². The summed E-state index contributed by atoms with van der Waals surface area (Å²) < 4.78 is 9.12. The largest absolute Gasteiger partial charge is 0.456 e. The van der Waals surface area contributed by atoms with Gasteiger partial charge in [0.15, 0.2) is 0 Å². The van der Waals surface area contributed by atoms with Crippen molar-refractivity contribution in [2.24, 2.45) is 0 Å². The lowest BCUT2D eigenvalue weighted by atomic mass is 9.95. The van der Waals surface area contributed by atoms with Gasteiger partial charge < -0.3 is 9.32 Å². The van der Waals surface area contributed by atoms with Crippen molar-refractivity contribution in [2.75, 3.05) is 4.90 Å². The normalized spacial score (nSPS) is 11.7. The number of benzene rings is 10. The minimum Gasteiger partial charge on any atom is -0.456 e. The fraction of sp³-hybridized carbons (Fsp3) is 0. The lowest BCUT2D eigenvalue weighted by Gasteiger charge is -2.28. The van der Waals surface area contributed by atoms with Crippen LogP contribution in [0, 0.1) is 0 Å². The third kappa shape index (κ3) is 5.55. The lowest BCUT2D eigenvalue weighted by molar-refractivity contribution is 0.669. The van der Waals surface area contributed by atoms with E-state index in [1.807, 2.05) is 11.3 Å². The Balaban J connectivity index is 1.02. The van der Waals surface area contributed by atoms with E-state index < -0.39 is 0 Å². The van der Waals surface area contributed by atoms with Crippen molar-refractivity contribution in [2.45, 2.75) is 0 Å². The first-order valence-corrected chi connectivity index (χ1v) is 20.9. The molecule has 0 saturated heterocycles. The molecule has 2 nitrogen and oxygen atoms in total. The topological polar surface area (TPSA) is 16.4 Å². The Bertz CT molecular complexity index is 3550. The number of fused-ring (bicyclic) bond motifs is 8. The summed E-state index contributed by atoms with van der Waals surface area (Å²) in [7, 11) is 0. The summed E-state index contributed by atoms with van der Waals surface area (Å²) in [4.78, 5) is 2.46. The van der Waals surface area contributed by atoms with Crippen molar-refractivity contribution in [1.29, 1.82) is 0 Å². The molecule has 0 N–H and O–H groups in total. The molecule has 0 unspecified atom stereocenters. The summed E-state index contributed by atoms with van der Waals surface area (Å²) in [6.07, 6.45) is 0. The number of anilines is 3. The predicted molar refractivity (Wildman–Crippen MR) is 253 cm³/mol. The van der Waals surface area contributed by atoms with Crippen LogP contribution in [0.3, 0.4) is 0 Å². The van der Waals surface area contributed by atoms with Crippen molar-refractivity contribution >= 4 is 92.1 Å². The van der Waals surface area contributed by atoms with Crippen LogP contribution < -0.4 is 4.90 Å². The zero-order valence-electron chi connectivity index (χ0n) is 32.0. The van der Waals surface area contributed by atoms with Crippen molar-refractivity contribution in [3.63, 3.8) is 0 Å². The van der Waals surface area contributed by atoms with Crippen LogP contribution >= 0.6 is 11.3 Å². The number of hydrogen-bond acceptors (Lipinski definition) is 3. The molecule has 0 atom stereocenters. The van der Waals surface area contributed by atoms with E-state index in [1.54, 1.807) is 0 Å². The molecule has 2 aromatic heterocycles. The molecular formula is C56H35NOS. The fourth-order valence-corrected chi connectivity index (χ4v) is 10.3. The molecule has 0 radical (unpaired) electrons. The van der Waals surface area contributed by atoms with Gasteiger partial charge in [0.05, 0.1) is 16.1 Å². The Morgan fingerprint density at radius 3 is 1.78 bits per heavy atom. The van der Waals surface area contributed by atoms with Gasteiger partial charge in [0.25, 0.3) is 0 Å². The van der Waals surface area contributed by atoms with Crippen LogP contribution in [0.4, 0.5) is 17.1 Å². The van der Waals surface area contributed by atoms with Crippen LogP contribution in [0.25, 0.3) is 97.0 Å². The quantitative estimate of drug-likeness (QED) is 0.167. The van der Waals surface area contributed by atoms with Crippen molar-refractivity contribution in [3.05, 3.63) is 212 Å². The second kappa shape index (κ2) is 13.6. The highest BCUT2D eigenvalue weighted by Crippen LogP contribution is 2.49. The molecule has 0 aliphatic rings. The van der Waals surface area contributed by atoms with Gasteiger partial charge in [-0.2, -0.15) is 0 Å². The van der Waals surface area contributed by atoms with E-state index in [4.69, 9.17) is 4.42 Å². The van der Waals surface area contributed by atoms with Crippen LogP contribution in [0.1, 0.15) is 0 Å². The third-order valence-corrected chi connectivity index (χ3v) is 13.1. The minimum atomic E-state index is 0.886. The molecule has 2 heterocycles. The van der Waals surface area contributed by atoms with Crippen LogP contribution in [-0.4, -0.2) is 0 Å². The van der Waals surface area contributed by atoms with Crippen LogP contribution in [0.2, 0.25) is 0 Å². The molecule has 59 heavy (non-hydrogen) atoms. The Hall–Kier alpha value is -7.46. The Morgan fingerprint density at radius 2 is 0.932 bits per heavy atom. The lowest BCUT2D eigenvalue weighted by Crippen LogP contribution is -2.11. The molecule has 0 fully saturated rings. The SMILES string of the molecule is c1ccc(N(c2ccc(-c3ccc(-c4cccc5ccccc45)cc3)cc2)c2cccc3c2sc2ccccc23)c(-c2cccc3oc4cc5ccccc5cc4c23)c1. The van der Waals surface area contributed by atoms with Gasteiger partial charge in [-0.15, -0.1) is 11.3 Å². The number of nitrogens with zero attached hydrogens (tertiary/aromatic N) is 1. The van der Waals surface area contributed by atoms with E-state index >= 15 is 0 Å². The van der Waals surface area contributed by atoms with Gasteiger partial charge in [-0.25, -0.2) is 0 Å². The van der Waals surface area contributed by atoms with E-state index in [0.717, 1.165) is 50.1 Å². The monoisotopic (exact) mass is 769 g/mol. The number of para-hydroxylation sites is 1. The number of thiophene rings is 1. The standard InChI is InChI=1S/C56H35NOS/c1-2-14-41-35-53-49(34-40(41)13-1)55-47(20-11-24-52(55)58-53)45-17-5-7-22-50(45)57(51-23-10-21-48-46-18-6-8-25-54(46)59-56(48)51)42-32-30-37(31-33-42)36-26-28-39(29-27-36)44-19-9-15-38-12-3-4-16-43(38)44/h1-35H. The number of rotatable bonds is 6. The van der Waals surface area contributed by atoms with Gasteiger partial charge in [0, 0.05) is 37.5 Å². The molecular weight excluding hydrogens is 735 g/mol. The summed E-state index contributed by atoms with van der Waals surface area (Å²) in [5.74, 6) is 0. The van der Waals surface area contributed by atoms with Gasteiger partial charge in [-0.05, 0) is 97.9 Å². The summed E-state index contributed by atoms with van der Waals surface area (Å²) in [5, 5.41) is 9.70. The molecule has 10 aromatic carbocycles. The zero-order chi connectivity index (χ0) is 38.9. The zero-order valence-corrected chi connectivity index (χ0v) is 32.8. The van der Waals surface area contributed by atoms with Gasteiger partial charge in [-0.1, -0.05) is 164 Å². The van der Waals surface area contributed by atoms with Crippen LogP contribution in [0.15, 0.2) is 217 Å². The Labute approximate surface area is 345 Å². The Kier molecular flexibility index (Phi) is 7.75. The highest BCUT2D eigenvalue weighted by molar-refractivity contribution is 7.26. The van der Waals surface area contributed by atoms with E-state index in [-0.39, 0.29) is 0 Å². The molecule has 0 spiro atoms. The maximum atomic E-state index is 6.58. The molecule has 0 aliphatic heterocycles. The van der Waals surface area contributed by atoms with Gasteiger partial charge in [0.1, 0.15) is 11.2 Å². The van der Waals surface area contributed by atoms with E-state index in [9.17, 15) is 0 Å². The highest BCUT2D eigenvalue weighted by atomic mass is 32.1. The fourth-order valence-electron chi connectivity index (χ4n) is 9.07. The van der Waals surface area contributed by atoms with Crippen LogP contribution in [0.5, 0.6) is 0 Å². The van der Waals surface area contributed by atoms with Gasteiger partial charge >= 0.3 is 0 Å². The van der Waals surface area contributed by atoms with Crippen molar-refractivity contribution in [3.8, 4) is 33.4 Å². The maximum absolute atomic E-state index is 6.58. The Morgan fingerprint density at radius 1 is 0.356 bits per heavy atom. The first-order valence-electron chi connectivity index (χ1n) is 20.1. The maximum Gasteiger partial charge on any atom is 0.136 e. The van der Waals surface area contributed by atoms with E-state index in [0.29, 0.717) is 0 Å². The summed E-state index contributed by atoms with van der Waals surface area (Å²) in [6.45, 7) is 0. The molecule has 276 valence electrons. The predicted octanol–water partition coefficient (Wildman–Crippen LogP) is 16.7. The smallest absolute Gasteiger partial charge is 0.136 e.